The average Bonchev–Trinajstić information content (AvgIpc) is 3.85. The van der Waals surface area contributed by atoms with Crippen molar-refractivity contribution in [2.75, 3.05) is 46.5 Å². The van der Waals surface area contributed by atoms with E-state index in [1.807, 2.05) is 52.8 Å². The summed E-state index contributed by atoms with van der Waals surface area (Å²) in [6.45, 7) is 15.7. The Bertz CT molecular complexity index is 2540. The van der Waals surface area contributed by atoms with E-state index in [1.54, 1.807) is 39.6 Å². The zero-order valence-electron chi connectivity index (χ0n) is 37.7. The molecule has 14 nitrogen and oxygen atoms in total. The second-order valence-corrected chi connectivity index (χ2v) is 20.9. The molecule has 2 fully saturated rings. The van der Waals surface area contributed by atoms with Crippen LogP contribution in [0.4, 0.5) is 4.79 Å². The van der Waals surface area contributed by atoms with Gasteiger partial charge in [-0.2, -0.15) is 0 Å². The van der Waals surface area contributed by atoms with Crippen molar-refractivity contribution in [3.05, 3.63) is 75.0 Å². The molecule has 7 atom stereocenters. The lowest BCUT2D eigenvalue weighted by atomic mass is 9.73. The summed E-state index contributed by atoms with van der Waals surface area (Å²) >= 11 is 1.60. The number of ketones is 1. The number of likely N-dealkylation sites (N-methyl/N-ethyl adjacent to an activating group) is 1. The first-order valence-corrected chi connectivity index (χ1v) is 23.0. The van der Waals surface area contributed by atoms with E-state index in [-0.39, 0.29) is 37.6 Å². The van der Waals surface area contributed by atoms with Crippen molar-refractivity contribution < 1.29 is 47.9 Å². The van der Waals surface area contributed by atoms with Gasteiger partial charge in [0.15, 0.2) is 28.8 Å². The molecule has 8 heterocycles. The molecule has 0 aliphatic carbocycles. The van der Waals surface area contributed by atoms with Crippen LogP contribution in [0.15, 0.2) is 30.3 Å². The van der Waals surface area contributed by atoms with E-state index >= 15 is 4.79 Å². The van der Waals surface area contributed by atoms with E-state index in [0.717, 1.165) is 45.3 Å². The number of aryl methyl sites for hydroxylation is 1. The number of aromatic nitrogens is 1. The summed E-state index contributed by atoms with van der Waals surface area (Å²) in [5, 5.41) is 17.2. The molecule has 0 saturated carbocycles. The van der Waals surface area contributed by atoms with Crippen LogP contribution in [0.25, 0.3) is 10.9 Å². The molecule has 0 radical (unpaired) electrons. The second-order valence-electron chi connectivity index (χ2n) is 19.8. The minimum atomic E-state index is -1.17. The molecule has 3 aromatic carbocycles. The summed E-state index contributed by atoms with van der Waals surface area (Å²) in [5.74, 6) is 2.76. The van der Waals surface area contributed by atoms with Crippen LogP contribution in [0.1, 0.15) is 104 Å². The van der Waals surface area contributed by atoms with E-state index in [0.29, 0.717) is 58.4 Å². The molecule has 4 aromatic rings. The summed E-state index contributed by atoms with van der Waals surface area (Å²) in [5.41, 5.74) is 5.29. The van der Waals surface area contributed by atoms with Crippen LogP contribution in [-0.2, 0) is 32.6 Å². The van der Waals surface area contributed by atoms with Gasteiger partial charge in [0.1, 0.15) is 35.3 Å². The van der Waals surface area contributed by atoms with Crippen LogP contribution in [0.3, 0.4) is 0 Å². The van der Waals surface area contributed by atoms with Crippen LogP contribution < -0.4 is 29.0 Å². The smallest absolute Gasteiger partial charge is 0.493 e. The number of ether oxygens (including phenoxy) is 7. The Hall–Kier alpha value is -4.51. The van der Waals surface area contributed by atoms with Gasteiger partial charge in [0.2, 0.25) is 6.79 Å². The van der Waals surface area contributed by atoms with Crippen molar-refractivity contribution in [1.82, 2.24) is 20.1 Å². The highest BCUT2D eigenvalue weighted by molar-refractivity contribution is 7.99. The normalized spacial score (nSPS) is 27.9. The maximum Gasteiger partial charge on any atom is 0.514 e. The van der Waals surface area contributed by atoms with Crippen molar-refractivity contribution in [1.29, 1.82) is 0 Å². The third-order valence-corrected chi connectivity index (χ3v) is 15.1. The molecule has 1 unspecified atom stereocenters. The van der Waals surface area contributed by atoms with Gasteiger partial charge in [-0.15, -0.1) is 11.8 Å². The van der Waals surface area contributed by atoms with Gasteiger partial charge in [0, 0.05) is 57.2 Å². The maximum atomic E-state index is 15.1. The van der Waals surface area contributed by atoms with Gasteiger partial charge in [-0.25, -0.2) is 4.79 Å². The second kappa shape index (κ2) is 15.0. The number of hydrogen-bond acceptors (Lipinski definition) is 14. The molecular formula is C48H58N4O10S. The largest absolute Gasteiger partial charge is 0.514 e. The molecular weight excluding hydrogens is 825 g/mol. The summed E-state index contributed by atoms with van der Waals surface area (Å²) in [7, 11) is 3.74. The lowest BCUT2D eigenvalue weighted by Gasteiger charge is -2.62. The summed E-state index contributed by atoms with van der Waals surface area (Å²) < 4.78 is 44.6. The lowest BCUT2D eigenvalue weighted by Crippen LogP contribution is -2.69. The number of thioether (sulfide) groups is 1. The molecule has 4 bridgehead atoms. The quantitative estimate of drug-likeness (QED) is 0.142. The number of piperazine rings is 1. The van der Waals surface area contributed by atoms with Crippen molar-refractivity contribution in [3.63, 3.8) is 0 Å². The van der Waals surface area contributed by atoms with E-state index in [2.05, 4.69) is 39.3 Å². The minimum absolute atomic E-state index is 0.0165. The predicted molar refractivity (Wildman–Crippen MR) is 237 cm³/mol. The molecule has 63 heavy (non-hydrogen) atoms. The zero-order valence-corrected chi connectivity index (χ0v) is 38.5. The summed E-state index contributed by atoms with van der Waals surface area (Å²) in [6.07, 6.45) is -0.556. The number of methoxy groups -OCH3 is 1. The third kappa shape index (κ3) is 6.62. The van der Waals surface area contributed by atoms with Gasteiger partial charge < -0.3 is 43.2 Å². The van der Waals surface area contributed by atoms with Crippen LogP contribution in [0.2, 0.25) is 0 Å². The molecule has 15 heteroatoms. The fourth-order valence-electron chi connectivity index (χ4n) is 11.2. The van der Waals surface area contributed by atoms with E-state index in [9.17, 15) is 9.90 Å². The zero-order chi connectivity index (χ0) is 44.5. The number of rotatable bonds is 3. The Morgan fingerprint density at radius 2 is 1.76 bits per heavy atom. The Morgan fingerprint density at radius 3 is 2.51 bits per heavy atom. The number of fused-ring (bicyclic) bond motifs is 12. The topological polar surface area (TPSA) is 153 Å². The van der Waals surface area contributed by atoms with Gasteiger partial charge in [0.05, 0.1) is 37.1 Å². The Balaban J connectivity index is 1.25. The molecule has 0 amide bonds. The molecule has 3 N–H and O–H groups in total. The SMILES string of the molecule is COc1c(C)cc2c(c1OC(C)(C)C)[C@H]1C3[C@@H]4SC[C@]5(NCCc6c5[nH]c5ccccc65)C(=O)COC[C@H](c5c6c(c(C)c(OC(=O)OC(C)(C)C)c54)OCO6)N3[C@@H](O)[C@H](C2)N1C. The van der Waals surface area contributed by atoms with E-state index in [4.69, 9.17) is 33.2 Å². The number of carbonyl (C=O) groups is 2. The summed E-state index contributed by atoms with van der Waals surface area (Å²) in [4.78, 5) is 37.1. The van der Waals surface area contributed by atoms with Crippen molar-refractivity contribution in [2.45, 2.75) is 121 Å². The van der Waals surface area contributed by atoms with Gasteiger partial charge in [-0.3, -0.25) is 19.9 Å². The first-order chi connectivity index (χ1) is 29.9. The highest BCUT2D eigenvalue weighted by Crippen LogP contribution is 2.64. The predicted octanol–water partition coefficient (Wildman–Crippen LogP) is 7.08. The number of para-hydroxylation sites is 1. The van der Waals surface area contributed by atoms with Crippen LogP contribution >= 0.6 is 11.8 Å². The number of hydrogen-bond donors (Lipinski definition) is 3. The van der Waals surface area contributed by atoms with E-state index < -0.39 is 52.5 Å². The standard InChI is InChI=1S/C48H58N4O10S/c1-23-17-25-18-29-44(54)52-30-19-57-20-31(53)48(43-27(15-16-49-48)26-13-11-12-14-28(26)50-43)21-63-42(36(52)35(51(29)9)32(25)41(37(23)56-10)61-46(3,4)5)34-33(30)40-39(58-22-59-40)24(2)38(34)60-45(55)62-47(6,7)8/h11-14,17,29-30,35-36,42,44,49-50,54H,15-16,18-22H2,1-10H3/t29-,30+,35-,36?,42+,44-,48-/m0/s1. The minimum Gasteiger partial charge on any atom is -0.493 e. The van der Waals surface area contributed by atoms with Gasteiger partial charge in [0.25, 0.3) is 0 Å². The number of Topliss-reactive ketones (excluding diaryl/α,β-unsaturated/α-hetero) is 1. The molecule has 1 spiro atoms. The number of H-pyrrole nitrogens is 1. The summed E-state index contributed by atoms with van der Waals surface area (Å²) in [6, 6.07) is 8.44. The number of carbonyl (C=O) groups excluding carboxylic acids is 2. The van der Waals surface area contributed by atoms with Crippen molar-refractivity contribution in [3.8, 4) is 28.7 Å². The van der Waals surface area contributed by atoms with Crippen LogP contribution in [-0.4, -0.2) is 108 Å². The number of aliphatic hydroxyl groups is 1. The van der Waals surface area contributed by atoms with Crippen LogP contribution in [0.5, 0.6) is 28.7 Å². The highest BCUT2D eigenvalue weighted by Gasteiger charge is 2.61. The molecule has 336 valence electrons. The average molecular weight is 883 g/mol. The molecule has 7 aliphatic heterocycles. The Labute approximate surface area is 372 Å². The van der Waals surface area contributed by atoms with Crippen LogP contribution in [0, 0.1) is 13.8 Å². The fourth-order valence-corrected chi connectivity index (χ4v) is 12.9. The third-order valence-electron chi connectivity index (χ3n) is 13.6. The van der Waals surface area contributed by atoms with Gasteiger partial charge in [-0.1, -0.05) is 24.3 Å². The first kappa shape index (κ1) is 42.4. The lowest BCUT2D eigenvalue weighted by molar-refractivity contribution is -0.181. The molecule has 7 aliphatic rings. The Kier molecular flexibility index (Phi) is 10.1. The van der Waals surface area contributed by atoms with Crippen molar-refractivity contribution in [2.24, 2.45) is 0 Å². The number of benzene rings is 3. The molecule has 1 aromatic heterocycles. The Morgan fingerprint density at radius 1 is 1.00 bits per heavy atom. The van der Waals surface area contributed by atoms with Crippen molar-refractivity contribution >= 4 is 34.6 Å². The number of nitrogens with one attached hydrogen (secondary N) is 2. The number of aromatic amines is 1. The molecule has 2 saturated heterocycles. The monoisotopic (exact) mass is 882 g/mol. The number of nitrogens with zero attached hydrogens (tertiary/aromatic N) is 2. The fraction of sp³-hybridized carbons (Fsp3) is 0.542. The highest BCUT2D eigenvalue weighted by atomic mass is 32.2. The maximum absolute atomic E-state index is 15.1. The van der Waals surface area contributed by atoms with Gasteiger partial charge >= 0.3 is 6.16 Å². The number of aliphatic hydroxyl groups excluding tert-OH is 1. The molecule has 11 rings (SSSR count). The van der Waals surface area contributed by atoms with Gasteiger partial charge in [-0.05, 0) is 98.0 Å². The first-order valence-electron chi connectivity index (χ1n) is 21.9. The van der Waals surface area contributed by atoms with E-state index in [1.165, 1.54) is 0 Å².